The van der Waals surface area contributed by atoms with Gasteiger partial charge in [-0.3, -0.25) is 0 Å². The lowest BCUT2D eigenvalue weighted by Crippen LogP contribution is -1.98. The predicted octanol–water partition coefficient (Wildman–Crippen LogP) is 5.36. The van der Waals surface area contributed by atoms with Crippen LogP contribution in [0.4, 0.5) is 10.1 Å². The number of benzene rings is 1. The van der Waals surface area contributed by atoms with E-state index in [-0.39, 0.29) is 10.7 Å². The van der Waals surface area contributed by atoms with E-state index in [1.54, 1.807) is 23.6 Å². The van der Waals surface area contributed by atoms with E-state index in [2.05, 4.69) is 4.72 Å². The molecule has 2 aromatic rings. The van der Waals surface area contributed by atoms with Crippen LogP contribution in [0.5, 0.6) is 0 Å². The fraction of sp³-hybridized carbons (Fsp3) is 0.312. The molecule has 0 saturated heterocycles. The molecule has 3 rings (SSSR count). The number of carbonyl (C=O) groups is 1. The summed E-state index contributed by atoms with van der Waals surface area (Å²) in [5, 5.41) is 10.8. The van der Waals surface area contributed by atoms with Crippen molar-refractivity contribution in [2.75, 3.05) is 4.72 Å². The van der Waals surface area contributed by atoms with Crippen LogP contribution in [-0.4, -0.2) is 11.1 Å². The predicted molar refractivity (Wildman–Crippen MR) is 88.4 cm³/mol. The second-order valence-corrected chi connectivity index (χ2v) is 7.11. The van der Waals surface area contributed by atoms with Gasteiger partial charge in [0.05, 0.1) is 10.6 Å². The minimum Gasteiger partial charge on any atom is -0.477 e. The first-order chi connectivity index (χ1) is 10.6. The minimum atomic E-state index is -0.977. The number of carboxylic acid groups (broad SMARTS) is 1. The van der Waals surface area contributed by atoms with Crippen molar-refractivity contribution >= 4 is 34.9 Å². The Hall–Kier alpha value is -1.53. The Labute approximate surface area is 136 Å². The number of thiophene rings is 1. The van der Waals surface area contributed by atoms with Crippen molar-refractivity contribution in [3.8, 4) is 0 Å². The van der Waals surface area contributed by atoms with Crippen LogP contribution in [0.25, 0.3) is 0 Å². The minimum absolute atomic E-state index is 0.232. The zero-order valence-electron chi connectivity index (χ0n) is 11.8. The highest BCUT2D eigenvalue weighted by molar-refractivity contribution is 8.00. The molecule has 22 heavy (non-hydrogen) atoms. The molecular weight excluding hydrogens is 321 g/mol. The number of aromatic carboxylic acids is 1. The molecule has 1 saturated carbocycles. The number of hydrogen-bond donors (Lipinski definition) is 2. The molecule has 3 nitrogen and oxygen atoms in total. The Bertz CT molecular complexity index is 681. The van der Waals surface area contributed by atoms with Gasteiger partial charge in [0, 0.05) is 0 Å². The monoisotopic (exact) mass is 337 g/mol. The van der Waals surface area contributed by atoms with Crippen LogP contribution in [0.1, 0.15) is 46.8 Å². The fourth-order valence-corrected chi connectivity index (χ4v) is 4.21. The van der Waals surface area contributed by atoms with Crippen LogP contribution in [-0.2, 0) is 0 Å². The van der Waals surface area contributed by atoms with Crippen molar-refractivity contribution in [2.45, 2.75) is 36.5 Å². The van der Waals surface area contributed by atoms with E-state index >= 15 is 0 Å². The van der Waals surface area contributed by atoms with E-state index in [0.717, 1.165) is 41.7 Å². The normalized spacial score (nSPS) is 15.1. The lowest BCUT2D eigenvalue weighted by molar-refractivity contribution is 0.0703. The van der Waals surface area contributed by atoms with Gasteiger partial charge >= 0.3 is 5.97 Å². The number of anilines is 1. The average molecular weight is 337 g/mol. The Kier molecular flexibility index (Phi) is 4.69. The van der Waals surface area contributed by atoms with Gasteiger partial charge in [0.2, 0.25) is 0 Å². The highest BCUT2D eigenvalue weighted by Gasteiger charge is 2.18. The average Bonchev–Trinajstić information content (AvgIpc) is 3.17. The van der Waals surface area contributed by atoms with Crippen LogP contribution in [0.15, 0.2) is 34.5 Å². The molecule has 1 aromatic heterocycles. The van der Waals surface area contributed by atoms with Crippen LogP contribution < -0.4 is 4.72 Å². The second kappa shape index (κ2) is 6.71. The quantitative estimate of drug-likeness (QED) is 0.721. The lowest BCUT2D eigenvalue weighted by atomic mass is 9.98. The van der Waals surface area contributed by atoms with Gasteiger partial charge in [-0.2, -0.15) is 0 Å². The third-order valence-corrected chi connectivity index (χ3v) is 5.69. The Morgan fingerprint density at radius 3 is 2.77 bits per heavy atom. The summed E-state index contributed by atoms with van der Waals surface area (Å²) >= 11 is 2.25. The highest BCUT2D eigenvalue weighted by atomic mass is 32.2. The molecule has 116 valence electrons. The first-order valence-corrected chi connectivity index (χ1v) is 8.88. The Balaban J connectivity index is 1.70. The number of hydrogen-bond acceptors (Lipinski definition) is 4. The van der Waals surface area contributed by atoms with E-state index in [1.165, 1.54) is 12.8 Å². The van der Waals surface area contributed by atoms with E-state index in [4.69, 9.17) is 5.11 Å². The van der Waals surface area contributed by atoms with E-state index in [0.29, 0.717) is 16.5 Å². The summed E-state index contributed by atoms with van der Waals surface area (Å²) in [6, 6.07) is 7.06. The molecule has 0 unspecified atom stereocenters. The van der Waals surface area contributed by atoms with Crippen molar-refractivity contribution in [1.29, 1.82) is 0 Å². The molecule has 0 atom stereocenters. The van der Waals surface area contributed by atoms with Crippen LogP contribution in [0, 0.1) is 5.82 Å². The maximum atomic E-state index is 14.2. The summed E-state index contributed by atoms with van der Waals surface area (Å²) in [7, 11) is 0. The maximum Gasteiger partial charge on any atom is 0.348 e. The molecule has 6 heteroatoms. The van der Waals surface area contributed by atoms with Gasteiger partial charge in [0.25, 0.3) is 0 Å². The zero-order chi connectivity index (χ0) is 15.5. The van der Waals surface area contributed by atoms with Gasteiger partial charge in [-0.1, -0.05) is 18.9 Å². The third kappa shape index (κ3) is 3.28. The summed E-state index contributed by atoms with van der Waals surface area (Å²) in [6.07, 6.45) is 4.73. The molecule has 1 aliphatic carbocycles. The smallest absolute Gasteiger partial charge is 0.348 e. The molecule has 0 radical (unpaired) electrons. The van der Waals surface area contributed by atoms with Crippen LogP contribution in [0.2, 0.25) is 0 Å². The van der Waals surface area contributed by atoms with Gasteiger partial charge in [0.15, 0.2) is 0 Å². The van der Waals surface area contributed by atoms with Crippen molar-refractivity contribution in [2.24, 2.45) is 0 Å². The molecule has 2 N–H and O–H groups in total. The first kappa shape index (κ1) is 15.4. The number of nitrogens with one attached hydrogen (secondary N) is 1. The Morgan fingerprint density at radius 2 is 2.09 bits per heavy atom. The lowest BCUT2D eigenvalue weighted by Gasteiger charge is -2.11. The largest absolute Gasteiger partial charge is 0.477 e. The second-order valence-electron chi connectivity index (χ2n) is 5.34. The molecule has 1 aromatic carbocycles. The number of carboxylic acids is 1. The molecule has 0 bridgehead atoms. The summed E-state index contributed by atoms with van der Waals surface area (Å²) in [5.74, 6) is -0.749. The van der Waals surface area contributed by atoms with Crippen molar-refractivity contribution < 1.29 is 14.3 Å². The highest BCUT2D eigenvalue weighted by Crippen LogP contribution is 2.36. The summed E-state index contributed by atoms with van der Waals surface area (Å²) in [5.41, 5.74) is 1.57. The third-order valence-electron chi connectivity index (χ3n) is 3.91. The van der Waals surface area contributed by atoms with Gasteiger partial charge in [-0.25, -0.2) is 9.18 Å². The van der Waals surface area contributed by atoms with Crippen molar-refractivity contribution in [3.63, 3.8) is 0 Å². The molecule has 1 fully saturated rings. The molecule has 0 aliphatic heterocycles. The SMILES string of the molecule is O=C(O)c1sccc1NSc1ccc(C2CCCC2)cc1F. The summed E-state index contributed by atoms with van der Waals surface area (Å²) in [6.45, 7) is 0. The topological polar surface area (TPSA) is 49.3 Å². The summed E-state index contributed by atoms with van der Waals surface area (Å²) in [4.78, 5) is 11.7. The van der Waals surface area contributed by atoms with Gasteiger partial charge in [-0.15, -0.1) is 11.3 Å². The zero-order valence-corrected chi connectivity index (χ0v) is 13.5. The number of halogens is 1. The van der Waals surface area contributed by atoms with E-state index in [1.807, 2.05) is 6.07 Å². The maximum absolute atomic E-state index is 14.2. The van der Waals surface area contributed by atoms with Crippen LogP contribution in [0.3, 0.4) is 0 Å². The van der Waals surface area contributed by atoms with E-state index in [9.17, 15) is 9.18 Å². The van der Waals surface area contributed by atoms with Crippen molar-refractivity contribution in [3.05, 3.63) is 45.9 Å². The van der Waals surface area contributed by atoms with Crippen molar-refractivity contribution in [1.82, 2.24) is 0 Å². The standard InChI is InChI=1S/C16H16FNO2S2/c17-12-9-11(10-3-1-2-4-10)5-6-14(12)22-18-13-7-8-21-15(13)16(19)20/h5-10,18H,1-4H2,(H,19,20). The molecule has 0 spiro atoms. The fourth-order valence-electron chi connectivity index (χ4n) is 2.78. The number of rotatable bonds is 5. The molecular formula is C16H16FNO2S2. The van der Waals surface area contributed by atoms with Crippen LogP contribution >= 0.6 is 23.3 Å². The van der Waals surface area contributed by atoms with Gasteiger partial charge < -0.3 is 9.83 Å². The summed E-state index contributed by atoms with van der Waals surface area (Å²) < 4.78 is 17.1. The molecule has 1 aliphatic rings. The first-order valence-electron chi connectivity index (χ1n) is 7.18. The molecule has 1 heterocycles. The van der Waals surface area contributed by atoms with E-state index < -0.39 is 5.97 Å². The molecule has 0 amide bonds. The Morgan fingerprint density at radius 1 is 1.32 bits per heavy atom. The van der Waals surface area contributed by atoms with Gasteiger partial charge in [0.1, 0.15) is 10.7 Å². The van der Waals surface area contributed by atoms with Gasteiger partial charge in [-0.05, 0) is 59.9 Å².